The Morgan fingerprint density at radius 3 is 2.49 bits per heavy atom. The molecule has 2 aliphatic carbocycles. The molecule has 0 saturated carbocycles. The lowest BCUT2D eigenvalue weighted by Crippen LogP contribution is -2.41. The van der Waals surface area contributed by atoms with Crippen molar-refractivity contribution in [3.05, 3.63) is 118 Å². The van der Waals surface area contributed by atoms with Crippen LogP contribution in [0.25, 0.3) is 0 Å². The van der Waals surface area contributed by atoms with Crippen molar-refractivity contribution in [3.8, 4) is 0 Å². The molecule has 5 rings (SSSR count). The van der Waals surface area contributed by atoms with E-state index in [2.05, 4.69) is 81.4 Å². The lowest BCUT2D eigenvalue weighted by atomic mass is 9.78. The predicted molar refractivity (Wildman–Crippen MR) is 163 cm³/mol. The Kier molecular flexibility index (Phi) is 7.83. The molecule has 1 saturated heterocycles. The minimum Gasteiger partial charge on any atom is -0.466 e. The molecule has 0 radical (unpaired) electrons. The van der Waals surface area contributed by atoms with E-state index < -0.39 is 0 Å². The van der Waals surface area contributed by atoms with Gasteiger partial charge in [0.2, 0.25) is 0 Å². The SMILES string of the molecule is C=C1C(NC2C=CC(C)=C3CN(c4nc(C)ccc4C)C(=C)C32)=C(N)/C1=C\C(C)(C)Cc1ccc(C)o1.CC. The van der Waals surface area contributed by atoms with E-state index in [0.29, 0.717) is 0 Å². The zero-order valence-corrected chi connectivity index (χ0v) is 24.9. The largest absolute Gasteiger partial charge is 0.466 e. The smallest absolute Gasteiger partial charge is 0.136 e. The Morgan fingerprint density at radius 2 is 1.85 bits per heavy atom. The highest BCUT2D eigenvalue weighted by molar-refractivity contribution is 5.68. The zero-order chi connectivity index (χ0) is 28.6. The monoisotopic (exact) mass is 524 g/mol. The van der Waals surface area contributed by atoms with Crippen molar-refractivity contribution >= 4 is 5.82 Å². The van der Waals surface area contributed by atoms with Gasteiger partial charge in [0.1, 0.15) is 17.3 Å². The number of hydrogen-bond donors (Lipinski definition) is 2. The number of allylic oxidation sites excluding steroid dienone is 5. The van der Waals surface area contributed by atoms with Crippen molar-refractivity contribution < 1.29 is 4.42 Å². The molecule has 5 nitrogen and oxygen atoms in total. The zero-order valence-electron chi connectivity index (χ0n) is 24.9. The van der Waals surface area contributed by atoms with E-state index in [1.54, 1.807) is 0 Å². The summed E-state index contributed by atoms with van der Waals surface area (Å²) in [5.41, 5.74) is 16.1. The van der Waals surface area contributed by atoms with Gasteiger partial charge in [-0.05, 0) is 68.0 Å². The molecule has 0 bridgehead atoms. The molecule has 2 unspecified atom stereocenters. The molecule has 3 aliphatic rings. The number of nitrogens with two attached hydrogens (primary N) is 1. The topological polar surface area (TPSA) is 67.3 Å². The normalized spacial score (nSPS) is 21.7. The number of aromatic nitrogens is 1. The van der Waals surface area contributed by atoms with Crippen molar-refractivity contribution in [3.63, 3.8) is 0 Å². The first-order chi connectivity index (χ1) is 18.4. The van der Waals surface area contributed by atoms with Crippen LogP contribution >= 0.6 is 0 Å². The highest BCUT2D eigenvalue weighted by atomic mass is 16.3. The average Bonchev–Trinajstić information content (AvgIpc) is 3.47. The Morgan fingerprint density at radius 1 is 1.13 bits per heavy atom. The van der Waals surface area contributed by atoms with E-state index in [1.807, 2.05) is 39.8 Å². The number of fused-ring (bicyclic) bond motifs is 1. The highest BCUT2D eigenvalue weighted by Gasteiger charge is 2.41. The maximum absolute atomic E-state index is 6.62. The Hall–Kier alpha value is -3.73. The van der Waals surface area contributed by atoms with E-state index in [0.717, 1.165) is 69.8 Å². The molecule has 206 valence electrons. The molecule has 1 fully saturated rings. The van der Waals surface area contributed by atoms with Crippen LogP contribution in [-0.4, -0.2) is 17.6 Å². The summed E-state index contributed by atoms with van der Waals surface area (Å²) in [5, 5.41) is 3.71. The molecular formula is C34H44N4O. The van der Waals surface area contributed by atoms with Gasteiger partial charge in [-0.3, -0.25) is 0 Å². The second-order valence-electron chi connectivity index (χ2n) is 11.4. The van der Waals surface area contributed by atoms with Gasteiger partial charge in [0.15, 0.2) is 0 Å². The van der Waals surface area contributed by atoms with Gasteiger partial charge in [0.25, 0.3) is 0 Å². The minimum atomic E-state index is -0.116. The van der Waals surface area contributed by atoms with Gasteiger partial charge < -0.3 is 20.4 Å². The molecule has 2 atom stereocenters. The highest BCUT2D eigenvalue weighted by Crippen LogP contribution is 2.44. The number of furan rings is 1. The number of anilines is 1. The van der Waals surface area contributed by atoms with E-state index >= 15 is 0 Å². The van der Waals surface area contributed by atoms with Gasteiger partial charge in [-0.1, -0.05) is 65.1 Å². The summed E-state index contributed by atoms with van der Waals surface area (Å²) >= 11 is 0. The first kappa shape index (κ1) is 28.3. The summed E-state index contributed by atoms with van der Waals surface area (Å²) in [4.78, 5) is 7.11. The quantitative estimate of drug-likeness (QED) is 0.413. The van der Waals surface area contributed by atoms with Gasteiger partial charge in [-0.2, -0.15) is 0 Å². The third kappa shape index (κ3) is 5.40. The average molecular weight is 525 g/mol. The van der Waals surface area contributed by atoms with Gasteiger partial charge in [-0.15, -0.1) is 0 Å². The van der Waals surface area contributed by atoms with Crippen LogP contribution in [0.3, 0.4) is 0 Å². The van der Waals surface area contributed by atoms with Crippen molar-refractivity contribution in [1.82, 2.24) is 10.3 Å². The van der Waals surface area contributed by atoms with Crippen LogP contribution in [0.5, 0.6) is 0 Å². The van der Waals surface area contributed by atoms with E-state index in [1.165, 1.54) is 11.1 Å². The molecule has 0 aromatic carbocycles. The summed E-state index contributed by atoms with van der Waals surface area (Å²) in [6.07, 6.45) is 7.46. The molecule has 3 N–H and O–H groups in total. The summed E-state index contributed by atoms with van der Waals surface area (Å²) in [6.45, 7) is 26.4. The van der Waals surface area contributed by atoms with Crippen molar-refractivity contribution in [1.29, 1.82) is 0 Å². The molecule has 0 amide bonds. The Balaban J connectivity index is 0.00000172. The standard InChI is InChI=1S/C32H38N4O.C2H6/c1-18-10-14-27(28-23(6)36(17-26(18)28)31-19(2)9-11-20(3)34-31)35-30-22(5)25(29(30)33)16-32(7,8)15-24-13-12-21(4)37-24;1-2/h9-14,16,27-28,35H,5-6,15,17,33H2,1-4,7-8H3;1-2H3/b25-16-;. The first-order valence-corrected chi connectivity index (χ1v) is 14.0. The van der Waals surface area contributed by atoms with Crippen LogP contribution in [-0.2, 0) is 6.42 Å². The Labute approximate surface area is 234 Å². The predicted octanol–water partition coefficient (Wildman–Crippen LogP) is 7.36. The molecule has 3 heterocycles. The molecule has 39 heavy (non-hydrogen) atoms. The maximum atomic E-state index is 6.62. The van der Waals surface area contributed by atoms with Crippen LogP contribution in [0.4, 0.5) is 5.82 Å². The lowest BCUT2D eigenvalue weighted by molar-refractivity contribution is 0.395. The van der Waals surface area contributed by atoms with Gasteiger partial charge in [0.05, 0.1) is 17.4 Å². The number of nitrogens with zero attached hydrogens (tertiary/aromatic N) is 2. The number of pyridine rings is 1. The molecule has 0 spiro atoms. The van der Waals surface area contributed by atoms with Crippen LogP contribution in [0.1, 0.15) is 57.4 Å². The fourth-order valence-corrected chi connectivity index (χ4v) is 5.73. The molecule has 2 aromatic heterocycles. The van der Waals surface area contributed by atoms with Gasteiger partial charge in [-0.25, -0.2) is 4.98 Å². The molecule has 2 aromatic rings. The molecular weight excluding hydrogens is 480 g/mol. The van der Waals surface area contributed by atoms with Gasteiger partial charge in [0, 0.05) is 41.4 Å². The summed E-state index contributed by atoms with van der Waals surface area (Å²) in [6, 6.07) is 8.29. The maximum Gasteiger partial charge on any atom is 0.136 e. The van der Waals surface area contributed by atoms with Crippen molar-refractivity contribution in [2.24, 2.45) is 17.1 Å². The second kappa shape index (κ2) is 10.8. The summed E-state index contributed by atoms with van der Waals surface area (Å²) in [5.74, 6) is 3.05. The van der Waals surface area contributed by atoms with Crippen molar-refractivity contribution in [2.75, 3.05) is 11.4 Å². The number of hydrogen-bond acceptors (Lipinski definition) is 5. The summed E-state index contributed by atoms with van der Waals surface area (Å²) in [7, 11) is 0. The Bertz CT molecular complexity index is 1430. The van der Waals surface area contributed by atoms with E-state index in [9.17, 15) is 0 Å². The van der Waals surface area contributed by atoms with Crippen LogP contribution < -0.4 is 16.0 Å². The molecule has 1 aliphatic heterocycles. The van der Waals surface area contributed by atoms with Crippen LogP contribution in [0, 0.1) is 32.1 Å². The number of aryl methyl sites for hydroxylation is 3. The number of nitrogens with one attached hydrogen (secondary N) is 1. The fourth-order valence-electron chi connectivity index (χ4n) is 5.73. The van der Waals surface area contributed by atoms with Crippen LogP contribution in [0.2, 0.25) is 0 Å². The minimum absolute atomic E-state index is 0.0484. The van der Waals surface area contributed by atoms with Gasteiger partial charge >= 0.3 is 0 Å². The lowest BCUT2D eigenvalue weighted by Gasteiger charge is -2.36. The van der Waals surface area contributed by atoms with Crippen LogP contribution in [0.15, 0.2) is 99.5 Å². The first-order valence-electron chi connectivity index (χ1n) is 14.0. The third-order valence-electron chi connectivity index (χ3n) is 7.75. The number of rotatable bonds is 6. The van der Waals surface area contributed by atoms with E-state index in [4.69, 9.17) is 15.1 Å². The summed E-state index contributed by atoms with van der Waals surface area (Å²) < 4.78 is 5.81. The van der Waals surface area contributed by atoms with E-state index in [-0.39, 0.29) is 17.4 Å². The molecule has 5 heteroatoms. The second-order valence-corrected chi connectivity index (χ2v) is 11.4. The van der Waals surface area contributed by atoms with Crippen molar-refractivity contribution in [2.45, 2.75) is 67.9 Å². The fraction of sp³-hybridized carbons (Fsp3) is 0.382. The third-order valence-corrected chi connectivity index (χ3v) is 7.75.